The van der Waals surface area contributed by atoms with E-state index in [4.69, 9.17) is 0 Å². The molecular weight excluding hydrogens is 302 g/mol. The van der Waals surface area contributed by atoms with Gasteiger partial charge in [-0.05, 0) is 29.8 Å². The van der Waals surface area contributed by atoms with Gasteiger partial charge in [0.25, 0.3) is 0 Å². The SMILES string of the molecule is OC(Cc1ccccc1Br)c1cc(F)ccc1F. The predicted molar refractivity (Wildman–Crippen MR) is 69.2 cm³/mol. The highest BCUT2D eigenvalue weighted by molar-refractivity contribution is 9.10. The maximum absolute atomic E-state index is 13.5. The third-order valence-electron chi connectivity index (χ3n) is 2.69. The van der Waals surface area contributed by atoms with Crippen LogP contribution in [0.4, 0.5) is 8.78 Å². The van der Waals surface area contributed by atoms with E-state index in [0.717, 1.165) is 28.2 Å². The molecule has 94 valence electrons. The fraction of sp³-hybridized carbons (Fsp3) is 0.143. The van der Waals surface area contributed by atoms with Crippen LogP contribution in [0.2, 0.25) is 0 Å². The highest BCUT2D eigenvalue weighted by Crippen LogP contribution is 2.25. The third kappa shape index (κ3) is 2.94. The van der Waals surface area contributed by atoms with Crippen molar-refractivity contribution >= 4 is 15.9 Å². The lowest BCUT2D eigenvalue weighted by atomic mass is 10.0. The van der Waals surface area contributed by atoms with Crippen LogP contribution in [-0.4, -0.2) is 5.11 Å². The van der Waals surface area contributed by atoms with Crippen molar-refractivity contribution in [2.24, 2.45) is 0 Å². The smallest absolute Gasteiger partial charge is 0.129 e. The van der Waals surface area contributed by atoms with E-state index < -0.39 is 17.7 Å². The van der Waals surface area contributed by atoms with E-state index in [-0.39, 0.29) is 12.0 Å². The zero-order valence-electron chi connectivity index (χ0n) is 9.41. The van der Waals surface area contributed by atoms with E-state index in [1.807, 2.05) is 24.3 Å². The summed E-state index contributed by atoms with van der Waals surface area (Å²) in [5, 5.41) is 9.98. The lowest BCUT2D eigenvalue weighted by molar-refractivity contribution is 0.173. The van der Waals surface area contributed by atoms with Crippen LogP contribution in [0.5, 0.6) is 0 Å². The second-order valence-electron chi connectivity index (χ2n) is 3.98. The van der Waals surface area contributed by atoms with Crippen molar-refractivity contribution in [3.8, 4) is 0 Å². The van der Waals surface area contributed by atoms with Crippen molar-refractivity contribution in [3.05, 3.63) is 69.7 Å². The number of hydrogen-bond donors (Lipinski definition) is 1. The Hall–Kier alpha value is -1.26. The minimum Gasteiger partial charge on any atom is -0.388 e. The van der Waals surface area contributed by atoms with E-state index in [1.54, 1.807) is 0 Å². The van der Waals surface area contributed by atoms with E-state index in [2.05, 4.69) is 15.9 Å². The highest BCUT2D eigenvalue weighted by Gasteiger charge is 2.15. The molecule has 0 saturated heterocycles. The Morgan fingerprint density at radius 2 is 1.83 bits per heavy atom. The molecule has 1 nitrogen and oxygen atoms in total. The lowest BCUT2D eigenvalue weighted by Crippen LogP contribution is -2.05. The summed E-state index contributed by atoms with van der Waals surface area (Å²) in [5.74, 6) is -1.16. The molecule has 0 saturated carbocycles. The highest BCUT2D eigenvalue weighted by atomic mass is 79.9. The van der Waals surface area contributed by atoms with Gasteiger partial charge in [0.1, 0.15) is 11.6 Å². The molecule has 0 heterocycles. The van der Waals surface area contributed by atoms with Crippen LogP contribution in [0.25, 0.3) is 0 Å². The number of rotatable bonds is 3. The van der Waals surface area contributed by atoms with Gasteiger partial charge >= 0.3 is 0 Å². The van der Waals surface area contributed by atoms with Gasteiger partial charge < -0.3 is 5.11 Å². The molecule has 2 rings (SSSR count). The number of aliphatic hydroxyl groups is 1. The first kappa shape index (κ1) is 13.2. The zero-order chi connectivity index (χ0) is 13.1. The molecule has 0 fully saturated rings. The van der Waals surface area contributed by atoms with Gasteiger partial charge in [0.2, 0.25) is 0 Å². The van der Waals surface area contributed by atoms with Gasteiger partial charge in [-0.15, -0.1) is 0 Å². The molecule has 0 radical (unpaired) electrons. The Morgan fingerprint density at radius 3 is 2.56 bits per heavy atom. The van der Waals surface area contributed by atoms with Gasteiger partial charge in [0.15, 0.2) is 0 Å². The molecule has 1 unspecified atom stereocenters. The quantitative estimate of drug-likeness (QED) is 0.908. The molecule has 1 atom stereocenters. The fourth-order valence-electron chi connectivity index (χ4n) is 1.75. The van der Waals surface area contributed by atoms with Gasteiger partial charge in [-0.1, -0.05) is 34.1 Å². The lowest BCUT2D eigenvalue weighted by Gasteiger charge is -2.13. The van der Waals surface area contributed by atoms with Crippen LogP contribution in [-0.2, 0) is 6.42 Å². The van der Waals surface area contributed by atoms with Crippen molar-refractivity contribution < 1.29 is 13.9 Å². The van der Waals surface area contributed by atoms with Crippen LogP contribution < -0.4 is 0 Å². The van der Waals surface area contributed by atoms with Crippen LogP contribution in [0.15, 0.2) is 46.9 Å². The fourth-order valence-corrected chi connectivity index (χ4v) is 2.20. The van der Waals surface area contributed by atoms with Crippen LogP contribution >= 0.6 is 15.9 Å². The Balaban J connectivity index is 2.25. The monoisotopic (exact) mass is 312 g/mol. The molecule has 1 N–H and O–H groups in total. The zero-order valence-corrected chi connectivity index (χ0v) is 11.0. The maximum Gasteiger partial charge on any atom is 0.129 e. The molecule has 0 aliphatic carbocycles. The molecule has 0 bridgehead atoms. The summed E-state index contributed by atoms with van der Waals surface area (Å²) in [6.45, 7) is 0. The van der Waals surface area contributed by atoms with Crippen molar-refractivity contribution in [2.75, 3.05) is 0 Å². The number of hydrogen-bond acceptors (Lipinski definition) is 1. The Kier molecular flexibility index (Phi) is 4.09. The number of halogens is 3. The summed E-state index contributed by atoms with van der Waals surface area (Å²) in [7, 11) is 0. The first-order valence-corrected chi connectivity index (χ1v) is 6.23. The molecule has 0 aromatic heterocycles. The topological polar surface area (TPSA) is 20.2 Å². The van der Waals surface area contributed by atoms with Gasteiger partial charge in [0, 0.05) is 16.5 Å². The standard InChI is InChI=1S/C14H11BrF2O/c15-12-4-2-1-3-9(12)7-14(18)11-8-10(16)5-6-13(11)17/h1-6,8,14,18H,7H2. The second-order valence-corrected chi connectivity index (χ2v) is 4.83. The molecule has 2 aromatic rings. The summed E-state index contributed by atoms with van der Waals surface area (Å²) < 4.78 is 27.4. The summed E-state index contributed by atoms with van der Waals surface area (Å²) in [4.78, 5) is 0. The first-order valence-electron chi connectivity index (χ1n) is 5.44. The molecule has 4 heteroatoms. The average molecular weight is 313 g/mol. The Morgan fingerprint density at radius 1 is 1.11 bits per heavy atom. The van der Waals surface area contributed by atoms with Gasteiger partial charge in [-0.2, -0.15) is 0 Å². The molecular formula is C14H11BrF2O. The number of benzene rings is 2. The second kappa shape index (κ2) is 5.59. The largest absolute Gasteiger partial charge is 0.388 e. The van der Waals surface area contributed by atoms with Gasteiger partial charge in [-0.25, -0.2) is 8.78 Å². The van der Waals surface area contributed by atoms with Gasteiger partial charge in [0.05, 0.1) is 6.10 Å². The molecule has 0 aliphatic heterocycles. The summed E-state index contributed by atoms with van der Waals surface area (Å²) in [6.07, 6.45) is -0.846. The average Bonchev–Trinajstić information content (AvgIpc) is 2.35. The van der Waals surface area contributed by atoms with E-state index in [1.165, 1.54) is 0 Å². The molecule has 18 heavy (non-hydrogen) atoms. The minimum absolute atomic E-state index is 0.0225. The molecule has 0 amide bonds. The van der Waals surface area contributed by atoms with Crippen LogP contribution in [0.3, 0.4) is 0 Å². The first-order chi connectivity index (χ1) is 8.58. The summed E-state index contributed by atoms with van der Waals surface area (Å²) >= 11 is 3.35. The van der Waals surface area contributed by atoms with Gasteiger partial charge in [-0.3, -0.25) is 0 Å². The predicted octanol–water partition coefficient (Wildman–Crippen LogP) is 4.00. The Labute approximate surface area is 112 Å². The van der Waals surface area contributed by atoms with Crippen LogP contribution in [0, 0.1) is 11.6 Å². The number of aliphatic hydroxyl groups excluding tert-OH is 1. The van der Waals surface area contributed by atoms with Crippen LogP contribution in [0.1, 0.15) is 17.2 Å². The molecule has 0 spiro atoms. The third-order valence-corrected chi connectivity index (χ3v) is 3.46. The van der Waals surface area contributed by atoms with E-state index in [9.17, 15) is 13.9 Å². The normalized spacial score (nSPS) is 12.4. The van der Waals surface area contributed by atoms with Crippen molar-refractivity contribution in [2.45, 2.75) is 12.5 Å². The Bertz CT molecular complexity index is 557. The molecule has 0 aliphatic rings. The summed E-state index contributed by atoms with van der Waals surface area (Å²) in [6, 6.07) is 10.4. The van der Waals surface area contributed by atoms with Crippen molar-refractivity contribution in [3.63, 3.8) is 0 Å². The van der Waals surface area contributed by atoms with Crippen molar-refractivity contribution in [1.29, 1.82) is 0 Å². The maximum atomic E-state index is 13.5. The van der Waals surface area contributed by atoms with E-state index >= 15 is 0 Å². The van der Waals surface area contributed by atoms with E-state index in [0.29, 0.717) is 0 Å². The summed E-state index contributed by atoms with van der Waals surface area (Å²) in [5.41, 5.74) is 0.819. The minimum atomic E-state index is -1.07. The van der Waals surface area contributed by atoms with Crippen molar-refractivity contribution in [1.82, 2.24) is 0 Å². The molecule has 2 aromatic carbocycles.